The summed E-state index contributed by atoms with van der Waals surface area (Å²) in [7, 11) is 0. The molecule has 76 valence electrons. The Morgan fingerprint density at radius 3 is 2.40 bits per heavy atom. The summed E-state index contributed by atoms with van der Waals surface area (Å²) in [5.41, 5.74) is 0.775. The van der Waals surface area contributed by atoms with Crippen molar-refractivity contribution in [1.29, 1.82) is 0 Å². The molecule has 0 spiro atoms. The van der Waals surface area contributed by atoms with Gasteiger partial charge in [-0.1, -0.05) is 23.2 Å². The van der Waals surface area contributed by atoms with Crippen molar-refractivity contribution in [2.75, 3.05) is 0 Å². The lowest BCUT2D eigenvalue weighted by atomic mass is 10.1. The number of rotatable bonds is 1. The van der Waals surface area contributed by atoms with Gasteiger partial charge < -0.3 is 0 Å². The molecule has 0 N–H and O–H groups in total. The number of nitrogens with zero attached hydrogens (tertiary/aromatic N) is 2. The molecule has 1 heterocycles. The summed E-state index contributed by atoms with van der Waals surface area (Å²) < 4.78 is 13.5. The van der Waals surface area contributed by atoms with Gasteiger partial charge in [-0.2, -0.15) is 0 Å². The Bertz CT molecular complexity index is 485. The van der Waals surface area contributed by atoms with Crippen LogP contribution in [0.15, 0.2) is 30.3 Å². The Hall–Kier alpha value is -1.19. The van der Waals surface area contributed by atoms with Crippen molar-refractivity contribution < 1.29 is 4.39 Å². The topological polar surface area (TPSA) is 25.8 Å². The van der Waals surface area contributed by atoms with Crippen molar-refractivity contribution in [2.24, 2.45) is 0 Å². The van der Waals surface area contributed by atoms with Crippen LogP contribution in [-0.4, -0.2) is 10.2 Å². The van der Waals surface area contributed by atoms with Crippen LogP contribution in [0.1, 0.15) is 0 Å². The molecule has 1 aromatic heterocycles. The van der Waals surface area contributed by atoms with Gasteiger partial charge in [-0.05, 0) is 30.3 Å². The molecule has 2 aromatic rings. The number of aromatic nitrogens is 2. The SMILES string of the molecule is Fc1cc(Cl)ccc1-c1ccc(Cl)nn1. The number of hydrogen-bond acceptors (Lipinski definition) is 2. The quantitative estimate of drug-likeness (QED) is 0.764. The first kappa shape index (κ1) is 10.3. The molecule has 0 amide bonds. The van der Waals surface area contributed by atoms with E-state index in [0.29, 0.717) is 16.3 Å². The fraction of sp³-hybridized carbons (Fsp3) is 0. The molecule has 0 aliphatic heterocycles. The molecule has 5 heteroatoms. The normalized spacial score (nSPS) is 10.3. The van der Waals surface area contributed by atoms with Crippen LogP contribution in [0.25, 0.3) is 11.3 Å². The van der Waals surface area contributed by atoms with Crippen LogP contribution in [0.4, 0.5) is 4.39 Å². The van der Waals surface area contributed by atoms with E-state index in [4.69, 9.17) is 23.2 Å². The van der Waals surface area contributed by atoms with Gasteiger partial charge in [-0.15, -0.1) is 10.2 Å². The summed E-state index contributed by atoms with van der Waals surface area (Å²) in [5.74, 6) is -0.431. The van der Waals surface area contributed by atoms with Crippen molar-refractivity contribution in [3.63, 3.8) is 0 Å². The van der Waals surface area contributed by atoms with Gasteiger partial charge in [0.2, 0.25) is 0 Å². The highest BCUT2D eigenvalue weighted by Crippen LogP contribution is 2.23. The van der Waals surface area contributed by atoms with E-state index in [0.717, 1.165) is 0 Å². The highest BCUT2D eigenvalue weighted by atomic mass is 35.5. The maximum absolute atomic E-state index is 13.5. The largest absolute Gasteiger partial charge is 0.206 e. The molecule has 2 rings (SSSR count). The summed E-state index contributed by atoms with van der Waals surface area (Å²) in [6.45, 7) is 0. The molecule has 0 aliphatic carbocycles. The zero-order valence-corrected chi connectivity index (χ0v) is 8.93. The summed E-state index contributed by atoms with van der Waals surface area (Å²) in [5, 5.41) is 8.03. The van der Waals surface area contributed by atoms with E-state index in [-0.39, 0.29) is 5.15 Å². The van der Waals surface area contributed by atoms with E-state index in [1.807, 2.05) is 0 Å². The van der Waals surface area contributed by atoms with Crippen LogP contribution in [0.3, 0.4) is 0 Å². The predicted molar refractivity (Wildman–Crippen MR) is 57.4 cm³/mol. The van der Waals surface area contributed by atoms with Gasteiger partial charge in [0.1, 0.15) is 5.82 Å². The average Bonchev–Trinajstić information content (AvgIpc) is 2.20. The van der Waals surface area contributed by atoms with Gasteiger partial charge in [0.25, 0.3) is 0 Å². The van der Waals surface area contributed by atoms with E-state index in [9.17, 15) is 4.39 Å². The number of halogens is 3. The van der Waals surface area contributed by atoms with Crippen LogP contribution in [0.2, 0.25) is 10.2 Å². The first-order valence-electron chi connectivity index (χ1n) is 4.11. The lowest BCUT2D eigenvalue weighted by Crippen LogP contribution is -1.90. The molecule has 1 aromatic carbocycles. The molecule has 0 saturated carbocycles. The molecule has 0 bridgehead atoms. The van der Waals surface area contributed by atoms with Crippen molar-refractivity contribution in [1.82, 2.24) is 10.2 Å². The van der Waals surface area contributed by atoms with Crippen LogP contribution in [0.5, 0.6) is 0 Å². The third kappa shape index (κ3) is 2.25. The van der Waals surface area contributed by atoms with Crippen molar-refractivity contribution >= 4 is 23.2 Å². The van der Waals surface area contributed by atoms with Gasteiger partial charge in [-0.3, -0.25) is 0 Å². The van der Waals surface area contributed by atoms with Crippen LogP contribution in [0, 0.1) is 5.82 Å². The lowest BCUT2D eigenvalue weighted by Gasteiger charge is -2.01. The molecule has 0 atom stereocenters. The number of hydrogen-bond donors (Lipinski definition) is 0. The average molecular weight is 243 g/mol. The Balaban J connectivity index is 2.49. The minimum Gasteiger partial charge on any atom is -0.206 e. The lowest BCUT2D eigenvalue weighted by molar-refractivity contribution is 0.630. The van der Waals surface area contributed by atoms with Gasteiger partial charge in [-0.25, -0.2) is 4.39 Å². The minimum atomic E-state index is -0.431. The van der Waals surface area contributed by atoms with Crippen LogP contribution < -0.4 is 0 Å². The number of benzene rings is 1. The Morgan fingerprint density at radius 1 is 1.00 bits per heavy atom. The molecular formula is C10H5Cl2FN2. The molecular weight excluding hydrogens is 238 g/mol. The monoisotopic (exact) mass is 242 g/mol. The molecule has 0 radical (unpaired) electrons. The first-order valence-corrected chi connectivity index (χ1v) is 4.87. The standard InChI is InChI=1S/C10H5Cl2FN2/c11-6-1-2-7(8(13)5-6)9-3-4-10(12)15-14-9/h1-5H. The predicted octanol–water partition coefficient (Wildman–Crippen LogP) is 3.59. The summed E-state index contributed by atoms with van der Waals surface area (Å²) in [6, 6.07) is 7.53. The first-order chi connectivity index (χ1) is 7.16. The summed E-state index contributed by atoms with van der Waals surface area (Å²) in [4.78, 5) is 0. The van der Waals surface area contributed by atoms with E-state index >= 15 is 0 Å². The zero-order chi connectivity index (χ0) is 10.8. The van der Waals surface area contributed by atoms with Crippen LogP contribution >= 0.6 is 23.2 Å². The van der Waals surface area contributed by atoms with E-state index in [1.54, 1.807) is 24.3 Å². The van der Waals surface area contributed by atoms with Crippen molar-refractivity contribution in [3.05, 3.63) is 46.3 Å². The maximum atomic E-state index is 13.5. The van der Waals surface area contributed by atoms with Gasteiger partial charge >= 0.3 is 0 Å². The Kier molecular flexibility index (Phi) is 2.84. The molecule has 2 nitrogen and oxygen atoms in total. The highest BCUT2D eigenvalue weighted by Gasteiger charge is 2.07. The second-order valence-electron chi connectivity index (χ2n) is 2.87. The van der Waals surface area contributed by atoms with E-state index < -0.39 is 5.82 Å². The maximum Gasteiger partial charge on any atom is 0.151 e. The third-order valence-corrected chi connectivity index (χ3v) is 2.28. The van der Waals surface area contributed by atoms with Crippen molar-refractivity contribution in [3.8, 4) is 11.3 Å². The fourth-order valence-electron chi connectivity index (χ4n) is 1.16. The minimum absolute atomic E-state index is 0.271. The van der Waals surface area contributed by atoms with Gasteiger partial charge in [0.15, 0.2) is 5.15 Å². The molecule has 15 heavy (non-hydrogen) atoms. The fourth-order valence-corrected chi connectivity index (χ4v) is 1.42. The highest BCUT2D eigenvalue weighted by molar-refractivity contribution is 6.30. The van der Waals surface area contributed by atoms with Gasteiger partial charge in [0.05, 0.1) is 5.69 Å². The summed E-state index contributed by atoms with van der Waals surface area (Å²) in [6.07, 6.45) is 0. The molecule has 0 fully saturated rings. The Labute approximate surface area is 95.7 Å². The summed E-state index contributed by atoms with van der Waals surface area (Å²) >= 11 is 11.2. The molecule has 0 unspecified atom stereocenters. The molecule has 0 saturated heterocycles. The second kappa shape index (κ2) is 4.13. The second-order valence-corrected chi connectivity index (χ2v) is 3.69. The van der Waals surface area contributed by atoms with Gasteiger partial charge in [0, 0.05) is 10.6 Å². The third-order valence-electron chi connectivity index (χ3n) is 1.84. The van der Waals surface area contributed by atoms with Crippen LogP contribution in [-0.2, 0) is 0 Å². The Morgan fingerprint density at radius 2 is 1.80 bits per heavy atom. The smallest absolute Gasteiger partial charge is 0.151 e. The van der Waals surface area contributed by atoms with E-state index in [1.165, 1.54) is 6.07 Å². The molecule has 0 aliphatic rings. The van der Waals surface area contributed by atoms with E-state index in [2.05, 4.69) is 10.2 Å². The zero-order valence-electron chi connectivity index (χ0n) is 7.42. The van der Waals surface area contributed by atoms with Crippen molar-refractivity contribution in [2.45, 2.75) is 0 Å².